The minimum absolute atomic E-state index is 0.0155. The first-order valence-corrected chi connectivity index (χ1v) is 5.11. The molecule has 0 atom stereocenters. The standard InChI is InChI=1S/C12H16O5/c1-12(2,16)6-8-7(11(14)15)4-5-9(13)10(8)17-3/h4-5,13,16H,6H2,1-3H3,(H,14,15). The van der Waals surface area contributed by atoms with Crippen LogP contribution in [0.25, 0.3) is 0 Å². The van der Waals surface area contributed by atoms with Gasteiger partial charge in [0.25, 0.3) is 0 Å². The predicted octanol–water partition coefficient (Wildman–Crippen LogP) is 1.41. The first-order valence-electron chi connectivity index (χ1n) is 5.11. The smallest absolute Gasteiger partial charge is 0.336 e. The molecule has 0 unspecified atom stereocenters. The van der Waals surface area contributed by atoms with Crippen molar-refractivity contribution in [2.24, 2.45) is 0 Å². The summed E-state index contributed by atoms with van der Waals surface area (Å²) in [4.78, 5) is 11.1. The number of hydrogen-bond donors (Lipinski definition) is 3. The van der Waals surface area contributed by atoms with Gasteiger partial charge in [-0.15, -0.1) is 0 Å². The first-order chi connectivity index (χ1) is 7.76. The van der Waals surface area contributed by atoms with Gasteiger partial charge >= 0.3 is 5.97 Å². The highest BCUT2D eigenvalue weighted by Gasteiger charge is 2.24. The lowest BCUT2D eigenvalue weighted by Crippen LogP contribution is -2.24. The molecule has 1 aromatic rings. The van der Waals surface area contributed by atoms with Crippen LogP contribution in [0.3, 0.4) is 0 Å². The van der Waals surface area contributed by atoms with Crippen molar-refractivity contribution in [2.45, 2.75) is 25.9 Å². The quantitative estimate of drug-likeness (QED) is 0.740. The van der Waals surface area contributed by atoms with Gasteiger partial charge < -0.3 is 20.1 Å². The maximum Gasteiger partial charge on any atom is 0.336 e. The lowest BCUT2D eigenvalue weighted by Gasteiger charge is -2.20. The Kier molecular flexibility index (Phi) is 3.63. The average Bonchev–Trinajstić information content (AvgIpc) is 2.15. The van der Waals surface area contributed by atoms with E-state index in [0.29, 0.717) is 0 Å². The summed E-state index contributed by atoms with van der Waals surface area (Å²) in [7, 11) is 1.34. The molecule has 0 spiro atoms. The number of ether oxygens (including phenoxy) is 1. The Hall–Kier alpha value is -1.75. The van der Waals surface area contributed by atoms with Crippen molar-refractivity contribution in [2.75, 3.05) is 7.11 Å². The molecule has 0 aliphatic carbocycles. The Morgan fingerprint density at radius 3 is 2.41 bits per heavy atom. The molecular weight excluding hydrogens is 224 g/mol. The molecule has 0 saturated heterocycles. The molecular formula is C12H16O5. The van der Waals surface area contributed by atoms with Crippen molar-refractivity contribution in [3.05, 3.63) is 23.3 Å². The van der Waals surface area contributed by atoms with E-state index >= 15 is 0 Å². The molecule has 0 amide bonds. The van der Waals surface area contributed by atoms with Crippen molar-refractivity contribution in [1.29, 1.82) is 0 Å². The molecule has 1 aromatic carbocycles. The highest BCUT2D eigenvalue weighted by atomic mass is 16.5. The molecule has 0 heterocycles. The average molecular weight is 240 g/mol. The van der Waals surface area contributed by atoms with Crippen LogP contribution in [-0.4, -0.2) is 34.0 Å². The lowest BCUT2D eigenvalue weighted by molar-refractivity contribution is 0.0683. The van der Waals surface area contributed by atoms with Gasteiger partial charge in [-0.1, -0.05) is 0 Å². The fourth-order valence-corrected chi connectivity index (χ4v) is 1.65. The normalized spacial score (nSPS) is 11.3. The molecule has 94 valence electrons. The summed E-state index contributed by atoms with van der Waals surface area (Å²) in [6, 6.07) is 2.55. The van der Waals surface area contributed by atoms with E-state index < -0.39 is 11.6 Å². The van der Waals surface area contributed by atoms with Crippen LogP contribution in [0.5, 0.6) is 11.5 Å². The topological polar surface area (TPSA) is 87.0 Å². The van der Waals surface area contributed by atoms with Gasteiger partial charge in [0.15, 0.2) is 11.5 Å². The number of carboxylic acids is 1. The summed E-state index contributed by atoms with van der Waals surface area (Å²) in [5.41, 5.74) is -0.792. The van der Waals surface area contributed by atoms with Crippen molar-refractivity contribution in [1.82, 2.24) is 0 Å². The Balaban J connectivity index is 3.39. The Morgan fingerprint density at radius 2 is 2.00 bits per heavy atom. The zero-order chi connectivity index (χ0) is 13.2. The monoisotopic (exact) mass is 240 g/mol. The summed E-state index contributed by atoms with van der Waals surface area (Å²) >= 11 is 0. The van der Waals surface area contributed by atoms with Gasteiger partial charge in [0.05, 0.1) is 18.3 Å². The lowest BCUT2D eigenvalue weighted by atomic mass is 9.93. The van der Waals surface area contributed by atoms with Gasteiger partial charge in [0.1, 0.15) is 0 Å². The van der Waals surface area contributed by atoms with E-state index in [1.165, 1.54) is 19.2 Å². The minimum atomic E-state index is -1.12. The Bertz CT molecular complexity index is 431. The van der Waals surface area contributed by atoms with E-state index in [1.54, 1.807) is 13.8 Å². The zero-order valence-corrected chi connectivity index (χ0v) is 10.0. The van der Waals surface area contributed by atoms with Crippen LogP contribution in [0.1, 0.15) is 29.8 Å². The SMILES string of the molecule is COc1c(O)ccc(C(=O)O)c1CC(C)(C)O. The van der Waals surface area contributed by atoms with Crippen molar-refractivity contribution in [3.8, 4) is 11.5 Å². The minimum Gasteiger partial charge on any atom is -0.504 e. The number of aromatic carboxylic acids is 1. The molecule has 0 aromatic heterocycles. The number of phenols is 1. The van der Waals surface area contributed by atoms with Gasteiger partial charge in [-0.05, 0) is 26.0 Å². The van der Waals surface area contributed by atoms with Crippen molar-refractivity contribution >= 4 is 5.97 Å². The fraction of sp³-hybridized carbons (Fsp3) is 0.417. The van der Waals surface area contributed by atoms with Gasteiger partial charge in [-0.25, -0.2) is 4.79 Å². The molecule has 5 heteroatoms. The van der Waals surface area contributed by atoms with E-state index in [4.69, 9.17) is 9.84 Å². The van der Waals surface area contributed by atoms with Gasteiger partial charge in [-0.2, -0.15) is 0 Å². The van der Waals surface area contributed by atoms with E-state index in [9.17, 15) is 15.0 Å². The summed E-state index contributed by atoms with van der Waals surface area (Å²) in [5, 5.41) is 28.4. The molecule has 3 N–H and O–H groups in total. The van der Waals surface area contributed by atoms with Crippen LogP contribution in [0.15, 0.2) is 12.1 Å². The van der Waals surface area contributed by atoms with Crippen molar-refractivity contribution in [3.63, 3.8) is 0 Å². The van der Waals surface area contributed by atoms with Crippen LogP contribution in [0.4, 0.5) is 0 Å². The van der Waals surface area contributed by atoms with E-state index in [-0.39, 0.29) is 29.0 Å². The van der Waals surface area contributed by atoms with Crippen LogP contribution in [0, 0.1) is 0 Å². The zero-order valence-electron chi connectivity index (χ0n) is 10.0. The highest BCUT2D eigenvalue weighted by Crippen LogP contribution is 2.34. The number of carbonyl (C=O) groups is 1. The van der Waals surface area contributed by atoms with E-state index in [2.05, 4.69) is 0 Å². The maximum absolute atomic E-state index is 11.1. The number of aromatic hydroxyl groups is 1. The number of benzene rings is 1. The fourth-order valence-electron chi connectivity index (χ4n) is 1.65. The van der Waals surface area contributed by atoms with Gasteiger partial charge in [-0.3, -0.25) is 0 Å². The summed E-state index contributed by atoms with van der Waals surface area (Å²) in [6.07, 6.45) is 0.0756. The van der Waals surface area contributed by atoms with Crippen LogP contribution in [-0.2, 0) is 6.42 Å². The Labute approximate surface area is 99.3 Å². The summed E-state index contributed by atoms with van der Waals surface area (Å²) in [5.74, 6) is -1.17. The molecule has 0 aliphatic rings. The number of hydrogen-bond acceptors (Lipinski definition) is 4. The predicted molar refractivity (Wildman–Crippen MR) is 61.6 cm³/mol. The van der Waals surface area contributed by atoms with Crippen LogP contribution in [0.2, 0.25) is 0 Å². The van der Waals surface area contributed by atoms with Crippen molar-refractivity contribution < 1.29 is 24.9 Å². The van der Waals surface area contributed by atoms with E-state index in [0.717, 1.165) is 0 Å². The molecule has 0 saturated carbocycles. The molecule has 17 heavy (non-hydrogen) atoms. The molecule has 0 bridgehead atoms. The number of carboxylic acid groups (broad SMARTS) is 1. The second-order valence-electron chi connectivity index (χ2n) is 4.44. The third-order valence-electron chi connectivity index (χ3n) is 2.28. The summed E-state index contributed by atoms with van der Waals surface area (Å²) < 4.78 is 4.99. The Morgan fingerprint density at radius 1 is 1.41 bits per heavy atom. The van der Waals surface area contributed by atoms with Crippen LogP contribution >= 0.6 is 0 Å². The molecule has 1 rings (SSSR count). The number of aliphatic hydroxyl groups is 1. The number of methoxy groups -OCH3 is 1. The molecule has 0 aliphatic heterocycles. The summed E-state index contributed by atoms with van der Waals surface area (Å²) in [6.45, 7) is 3.12. The second-order valence-corrected chi connectivity index (χ2v) is 4.44. The van der Waals surface area contributed by atoms with E-state index in [1.807, 2.05) is 0 Å². The molecule has 0 fully saturated rings. The van der Waals surface area contributed by atoms with Gasteiger partial charge in [0, 0.05) is 12.0 Å². The third-order valence-corrected chi connectivity index (χ3v) is 2.28. The third kappa shape index (κ3) is 3.10. The first kappa shape index (κ1) is 13.3. The highest BCUT2D eigenvalue weighted by molar-refractivity contribution is 5.90. The molecule has 0 radical (unpaired) electrons. The number of rotatable bonds is 4. The maximum atomic E-state index is 11.1. The molecule has 5 nitrogen and oxygen atoms in total. The number of phenolic OH excluding ortho intramolecular Hbond substituents is 1. The van der Waals surface area contributed by atoms with Crippen LogP contribution < -0.4 is 4.74 Å². The largest absolute Gasteiger partial charge is 0.504 e. The van der Waals surface area contributed by atoms with Gasteiger partial charge in [0.2, 0.25) is 0 Å². The second kappa shape index (κ2) is 4.63.